The number of rotatable bonds is 8. The van der Waals surface area contributed by atoms with Crippen LogP contribution in [0.5, 0.6) is 0 Å². The zero-order valence-electron chi connectivity index (χ0n) is 19.3. The Hall–Kier alpha value is -3.26. The second kappa shape index (κ2) is 13.3. The number of amides is 1. The molecule has 0 atom stereocenters. The van der Waals surface area contributed by atoms with Gasteiger partial charge in [-0.3, -0.25) is 4.79 Å². The molecule has 0 saturated heterocycles. The average molecular weight is 448 g/mol. The first-order valence-electron chi connectivity index (χ1n) is 11.7. The minimum Gasteiger partial charge on any atom is -0.469 e. The Morgan fingerprint density at radius 1 is 1.00 bits per heavy atom. The van der Waals surface area contributed by atoms with Gasteiger partial charge in [-0.25, -0.2) is 4.79 Å². The summed E-state index contributed by atoms with van der Waals surface area (Å²) in [5.41, 5.74) is 3.31. The third kappa shape index (κ3) is 8.65. The summed E-state index contributed by atoms with van der Waals surface area (Å²) in [6, 6.07) is 18.1. The normalized spacial score (nSPS) is 17.4. The molecule has 2 aromatic rings. The van der Waals surface area contributed by atoms with Crippen molar-refractivity contribution < 1.29 is 19.1 Å². The second-order valence-corrected chi connectivity index (χ2v) is 8.49. The highest BCUT2D eigenvalue weighted by Gasteiger charge is 2.22. The molecule has 2 aromatic carbocycles. The number of ether oxygens (including phenoxy) is 2. The monoisotopic (exact) mass is 447 g/mol. The van der Waals surface area contributed by atoms with Crippen LogP contribution >= 0.6 is 0 Å². The molecule has 5 heteroatoms. The van der Waals surface area contributed by atoms with Gasteiger partial charge >= 0.3 is 12.1 Å². The van der Waals surface area contributed by atoms with E-state index >= 15 is 0 Å². The van der Waals surface area contributed by atoms with E-state index in [1.807, 2.05) is 30.3 Å². The van der Waals surface area contributed by atoms with Gasteiger partial charge < -0.3 is 14.8 Å². The molecule has 1 saturated carbocycles. The van der Waals surface area contributed by atoms with Gasteiger partial charge in [0.05, 0.1) is 7.11 Å². The number of methoxy groups -OCH3 is 1. The number of carbonyl (C=O) groups excluding carboxylic acids is 2. The van der Waals surface area contributed by atoms with E-state index in [2.05, 4.69) is 41.4 Å². The van der Waals surface area contributed by atoms with E-state index in [9.17, 15) is 9.59 Å². The Kier molecular flexibility index (Phi) is 9.85. The molecule has 0 spiro atoms. The largest absolute Gasteiger partial charge is 0.469 e. The van der Waals surface area contributed by atoms with E-state index in [0.29, 0.717) is 31.2 Å². The molecule has 1 N–H and O–H groups in total. The zero-order chi connectivity index (χ0) is 23.3. The Morgan fingerprint density at radius 3 is 2.42 bits per heavy atom. The van der Waals surface area contributed by atoms with Crippen LogP contribution in [0.25, 0.3) is 0 Å². The van der Waals surface area contributed by atoms with Gasteiger partial charge in [0.15, 0.2) is 0 Å². The number of benzene rings is 2. The summed E-state index contributed by atoms with van der Waals surface area (Å²) in [5.74, 6) is 7.39. The van der Waals surface area contributed by atoms with Crippen molar-refractivity contribution in [2.24, 2.45) is 5.92 Å². The molecule has 33 heavy (non-hydrogen) atoms. The third-order valence-electron chi connectivity index (χ3n) is 6.18. The van der Waals surface area contributed by atoms with Gasteiger partial charge in [0.2, 0.25) is 0 Å². The van der Waals surface area contributed by atoms with E-state index in [1.165, 1.54) is 38.4 Å². The third-order valence-corrected chi connectivity index (χ3v) is 6.18. The molecule has 0 radical (unpaired) electrons. The van der Waals surface area contributed by atoms with Gasteiger partial charge in [-0.2, -0.15) is 0 Å². The maximum absolute atomic E-state index is 11.7. The fourth-order valence-corrected chi connectivity index (χ4v) is 4.21. The lowest BCUT2D eigenvalue weighted by atomic mass is 9.77. The highest BCUT2D eigenvalue weighted by atomic mass is 16.5. The molecule has 1 fully saturated rings. The molecule has 5 nitrogen and oxygen atoms in total. The summed E-state index contributed by atoms with van der Waals surface area (Å²) in [6.07, 6.45) is 6.29. The van der Waals surface area contributed by atoms with E-state index in [4.69, 9.17) is 9.47 Å². The molecule has 1 aliphatic carbocycles. The summed E-state index contributed by atoms with van der Waals surface area (Å²) in [6.45, 7) is 0.720. The fourth-order valence-electron chi connectivity index (χ4n) is 4.21. The maximum Gasteiger partial charge on any atom is 0.407 e. The summed E-state index contributed by atoms with van der Waals surface area (Å²) in [4.78, 5) is 23.1. The lowest BCUT2D eigenvalue weighted by Gasteiger charge is -2.28. The van der Waals surface area contributed by atoms with Crippen molar-refractivity contribution in [3.05, 3.63) is 71.3 Å². The van der Waals surface area contributed by atoms with Crippen LogP contribution in [0.4, 0.5) is 4.79 Å². The first-order chi connectivity index (χ1) is 16.1. The standard InChI is InChI=1S/C28H33NO4/c1-32-27(30)19-14-23-12-17-26(18-13-23)25-15-10-22(11-16-25)7-5-6-20-29-28(31)33-21-24-8-3-2-4-9-24/h2-4,8-11,15-16,23,26H,6,12-14,17-21H2,1H3,(H,29,31). The molecule has 174 valence electrons. The van der Waals surface area contributed by atoms with Crippen molar-refractivity contribution in [1.29, 1.82) is 0 Å². The molecular weight excluding hydrogens is 414 g/mol. The van der Waals surface area contributed by atoms with Gasteiger partial charge in [0.25, 0.3) is 0 Å². The van der Waals surface area contributed by atoms with Crippen LogP contribution in [0.3, 0.4) is 0 Å². The number of carbonyl (C=O) groups is 2. The molecule has 0 unspecified atom stereocenters. The lowest BCUT2D eigenvalue weighted by Crippen LogP contribution is -2.24. The zero-order valence-corrected chi connectivity index (χ0v) is 19.3. The van der Waals surface area contributed by atoms with Crippen LogP contribution < -0.4 is 5.32 Å². The number of alkyl carbamates (subject to hydrolysis) is 1. The summed E-state index contributed by atoms with van der Waals surface area (Å²) in [5, 5.41) is 2.72. The van der Waals surface area contributed by atoms with Crippen molar-refractivity contribution in [1.82, 2.24) is 5.32 Å². The highest BCUT2D eigenvalue weighted by Crippen LogP contribution is 2.37. The van der Waals surface area contributed by atoms with Gasteiger partial charge in [-0.15, -0.1) is 0 Å². The number of nitrogens with one attached hydrogen (secondary N) is 1. The van der Waals surface area contributed by atoms with E-state index in [0.717, 1.165) is 17.5 Å². The van der Waals surface area contributed by atoms with Crippen LogP contribution in [0.15, 0.2) is 54.6 Å². The van der Waals surface area contributed by atoms with Crippen molar-refractivity contribution in [2.75, 3.05) is 13.7 Å². The van der Waals surface area contributed by atoms with Gasteiger partial charge in [0.1, 0.15) is 6.61 Å². The van der Waals surface area contributed by atoms with Gasteiger partial charge in [-0.05, 0) is 67.2 Å². The summed E-state index contributed by atoms with van der Waals surface area (Å²) < 4.78 is 9.93. The molecule has 0 aromatic heterocycles. The number of esters is 1. The Balaban J connectivity index is 1.33. The van der Waals surface area contributed by atoms with Crippen LogP contribution in [0.1, 0.15) is 67.6 Å². The molecule has 0 bridgehead atoms. The van der Waals surface area contributed by atoms with Crippen LogP contribution in [0.2, 0.25) is 0 Å². The molecule has 0 heterocycles. The van der Waals surface area contributed by atoms with Gasteiger partial charge in [0, 0.05) is 24.9 Å². The Bertz CT molecular complexity index is 935. The number of hydrogen-bond acceptors (Lipinski definition) is 4. The van der Waals surface area contributed by atoms with Crippen molar-refractivity contribution in [3.63, 3.8) is 0 Å². The molecule has 1 aliphatic rings. The second-order valence-electron chi connectivity index (χ2n) is 8.49. The Morgan fingerprint density at radius 2 is 1.73 bits per heavy atom. The van der Waals surface area contributed by atoms with E-state index in [1.54, 1.807) is 0 Å². The molecule has 0 aliphatic heterocycles. The van der Waals surface area contributed by atoms with E-state index < -0.39 is 6.09 Å². The SMILES string of the molecule is COC(=O)CCC1CCC(c2ccc(C#CCCNC(=O)OCc3ccccc3)cc2)CC1. The highest BCUT2D eigenvalue weighted by molar-refractivity contribution is 5.69. The first kappa shape index (κ1) is 24.4. The first-order valence-corrected chi connectivity index (χ1v) is 11.7. The lowest BCUT2D eigenvalue weighted by molar-refractivity contribution is -0.141. The average Bonchev–Trinajstić information content (AvgIpc) is 2.87. The maximum atomic E-state index is 11.7. The van der Waals surface area contributed by atoms with Gasteiger partial charge in [-0.1, -0.05) is 54.3 Å². The predicted octanol–water partition coefficient (Wildman–Crippen LogP) is 5.58. The van der Waals surface area contributed by atoms with Crippen LogP contribution in [0, 0.1) is 17.8 Å². The Labute approximate surface area is 196 Å². The molecular formula is C28H33NO4. The molecule has 1 amide bonds. The minimum absolute atomic E-state index is 0.104. The van der Waals surface area contributed by atoms with Crippen molar-refractivity contribution >= 4 is 12.1 Å². The van der Waals surface area contributed by atoms with Crippen LogP contribution in [-0.2, 0) is 20.9 Å². The minimum atomic E-state index is -0.426. The van der Waals surface area contributed by atoms with Crippen molar-refractivity contribution in [2.45, 2.75) is 57.5 Å². The van der Waals surface area contributed by atoms with Crippen molar-refractivity contribution in [3.8, 4) is 11.8 Å². The summed E-state index contributed by atoms with van der Waals surface area (Å²) in [7, 11) is 1.45. The molecule has 3 rings (SSSR count). The van der Waals surface area contributed by atoms with E-state index in [-0.39, 0.29) is 12.6 Å². The smallest absolute Gasteiger partial charge is 0.407 e. The number of hydrogen-bond donors (Lipinski definition) is 1. The topological polar surface area (TPSA) is 64.6 Å². The quantitative estimate of drug-likeness (QED) is 0.326. The van der Waals surface area contributed by atoms with Crippen LogP contribution in [-0.4, -0.2) is 25.7 Å². The summed E-state index contributed by atoms with van der Waals surface area (Å²) >= 11 is 0. The predicted molar refractivity (Wildman–Crippen MR) is 129 cm³/mol. The fraction of sp³-hybridized carbons (Fsp3) is 0.429.